The number of hydrogen-bond donors (Lipinski definition) is 3. The molecule has 1 fully saturated rings. The second-order valence-electron chi connectivity index (χ2n) is 10.5. The van der Waals surface area contributed by atoms with Crippen LogP contribution in [0.1, 0.15) is 49.0 Å². The predicted molar refractivity (Wildman–Crippen MR) is 154 cm³/mol. The predicted octanol–water partition coefficient (Wildman–Crippen LogP) is 7.82. The lowest BCUT2D eigenvalue weighted by Crippen LogP contribution is -2.31. The van der Waals surface area contributed by atoms with Crippen molar-refractivity contribution in [1.29, 1.82) is 5.26 Å². The van der Waals surface area contributed by atoms with Gasteiger partial charge in [-0.2, -0.15) is 5.26 Å². The number of halogens is 6. The normalized spacial score (nSPS) is 17.6. The summed E-state index contributed by atoms with van der Waals surface area (Å²) in [5, 5.41) is 23.8. The third kappa shape index (κ3) is 10.0. The molecule has 3 unspecified atom stereocenters. The molecule has 0 bridgehead atoms. The van der Waals surface area contributed by atoms with Gasteiger partial charge in [0.15, 0.2) is 0 Å². The Balaban J connectivity index is 0.000000242. The summed E-state index contributed by atoms with van der Waals surface area (Å²) in [6.07, 6.45) is 1.12. The molecular formula is C30H29Cl2F4N3O3. The Morgan fingerprint density at radius 1 is 1.10 bits per heavy atom. The van der Waals surface area contributed by atoms with Crippen LogP contribution in [0.4, 0.5) is 23.2 Å². The first-order valence-corrected chi connectivity index (χ1v) is 13.3. The van der Waals surface area contributed by atoms with Crippen molar-refractivity contribution in [2.24, 2.45) is 11.3 Å². The first-order chi connectivity index (χ1) is 19.7. The highest BCUT2D eigenvalue weighted by Gasteiger charge is 2.39. The van der Waals surface area contributed by atoms with Crippen LogP contribution in [0, 0.1) is 45.9 Å². The van der Waals surface area contributed by atoms with Gasteiger partial charge in [0.2, 0.25) is 6.41 Å². The van der Waals surface area contributed by atoms with Gasteiger partial charge in [-0.15, -0.1) is 0 Å². The summed E-state index contributed by atoms with van der Waals surface area (Å²) in [5.41, 5.74) is -0.497. The van der Waals surface area contributed by atoms with E-state index in [0.717, 1.165) is 18.6 Å². The molecule has 0 aliphatic carbocycles. The number of rotatable bonds is 5. The number of anilines is 1. The van der Waals surface area contributed by atoms with Crippen molar-refractivity contribution in [3.63, 3.8) is 0 Å². The molecule has 0 spiro atoms. The Morgan fingerprint density at radius 2 is 1.71 bits per heavy atom. The summed E-state index contributed by atoms with van der Waals surface area (Å²) in [5.74, 6) is -5.20. The number of carboxylic acids is 1. The molecule has 12 heteroatoms. The molecule has 0 radical (unpaired) electrons. The fraction of sp³-hybridized carbons (Fsp3) is 0.300. The zero-order valence-corrected chi connectivity index (χ0v) is 24.4. The van der Waals surface area contributed by atoms with E-state index in [2.05, 4.69) is 32.2 Å². The van der Waals surface area contributed by atoms with Crippen LogP contribution >= 0.6 is 23.2 Å². The number of carbonyl (C=O) groups excluding carboxylic acids is 1. The maximum Gasteiger partial charge on any atom is 0.341 e. The van der Waals surface area contributed by atoms with Crippen molar-refractivity contribution >= 4 is 41.3 Å². The minimum atomic E-state index is -1.70. The molecular weight excluding hydrogens is 597 g/mol. The molecule has 0 saturated carbocycles. The number of hydrogen-bond acceptors (Lipinski definition) is 4. The second-order valence-corrected chi connectivity index (χ2v) is 11.3. The lowest BCUT2D eigenvalue weighted by Gasteiger charge is -2.26. The van der Waals surface area contributed by atoms with E-state index in [-0.39, 0.29) is 46.2 Å². The van der Waals surface area contributed by atoms with Gasteiger partial charge in [-0.05, 0) is 53.8 Å². The van der Waals surface area contributed by atoms with Crippen molar-refractivity contribution < 1.29 is 32.3 Å². The lowest BCUT2D eigenvalue weighted by atomic mass is 9.79. The van der Waals surface area contributed by atoms with Crippen LogP contribution in [0.5, 0.6) is 0 Å². The minimum Gasteiger partial charge on any atom is -0.477 e. The molecule has 1 amide bonds. The van der Waals surface area contributed by atoms with E-state index in [1.165, 1.54) is 18.2 Å². The number of amides is 1. The van der Waals surface area contributed by atoms with Crippen LogP contribution in [0.2, 0.25) is 10.0 Å². The third-order valence-electron chi connectivity index (χ3n) is 6.10. The van der Waals surface area contributed by atoms with Crippen LogP contribution in [-0.2, 0) is 4.79 Å². The fourth-order valence-electron chi connectivity index (χ4n) is 4.35. The summed E-state index contributed by atoms with van der Waals surface area (Å²) in [6, 6.07) is 14.7. The highest BCUT2D eigenvalue weighted by atomic mass is 35.5. The monoisotopic (exact) mass is 625 g/mol. The zero-order valence-electron chi connectivity index (χ0n) is 22.9. The average Bonchev–Trinajstić information content (AvgIpc) is 3.26. The van der Waals surface area contributed by atoms with Gasteiger partial charge in [0, 0.05) is 29.2 Å². The van der Waals surface area contributed by atoms with Gasteiger partial charge in [-0.1, -0.05) is 62.2 Å². The molecule has 1 heterocycles. The van der Waals surface area contributed by atoms with Crippen LogP contribution in [-0.4, -0.2) is 30.1 Å². The zero-order chi connectivity index (χ0) is 31.6. The number of nitriles is 1. The summed E-state index contributed by atoms with van der Waals surface area (Å²) in [7, 11) is 0. The number of nitrogens with one attached hydrogen (secondary N) is 2. The Labute approximate surface area is 251 Å². The SMILES string of the molecule is CC(C)(C)CC1NCC(c2cccc(Cl)c2F)C1C#N.Fc1cccc(Cl)c1.O=CNc1cc(F)c(C(=O)O)c(F)c1. The van der Waals surface area contributed by atoms with E-state index in [0.29, 0.717) is 17.1 Å². The molecule has 6 nitrogen and oxygen atoms in total. The van der Waals surface area contributed by atoms with Gasteiger partial charge in [0.05, 0.1) is 17.0 Å². The van der Waals surface area contributed by atoms with Crippen molar-refractivity contribution in [1.82, 2.24) is 5.32 Å². The molecule has 4 rings (SSSR count). The lowest BCUT2D eigenvalue weighted by molar-refractivity contribution is -0.105. The Hall–Kier alpha value is -3.65. The molecule has 224 valence electrons. The summed E-state index contributed by atoms with van der Waals surface area (Å²) in [6.45, 7) is 7.07. The van der Waals surface area contributed by atoms with Gasteiger partial charge in [0.1, 0.15) is 28.8 Å². The van der Waals surface area contributed by atoms with Crippen LogP contribution in [0.15, 0.2) is 54.6 Å². The summed E-state index contributed by atoms with van der Waals surface area (Å²) < 4.78 is 52.1. The molecule has 3 aromatic carbocycles. The topological polar surface area (TPSA) is 102 Å². The van der Waals surface area contributed by atoms with E-state index in [4.69, 9.17) is 28.3 Å². The Morgan fingerprint density at radius 3 is 2.19 bits per heavy atom. The van der Waals surface area contributed by atoms with Gasteiger partial charge in [0.25, 0.3) is 0 Å². The molecule has 3 aromatic rings. The van der Waals surface area contributed by atoms with E-state index in [1.807, 2.05) is 5.32 Å². The Kier molecular flexibility index (Phi) is 12.8. The number of nitrogens with zero attached hydrogens (tertiary/aromatic N) is 1. The van der Waals surface area contributed by atoms with Crippen molar-refractivity contribution in [3.05, 3.63) is 99.0 Å². The molecule has 42 heavy (non-hydrogen) atoms. The van der Waals surface area contributed by atoms with Crippen LogP contribution in [0.25, 0.3) is 0 Å². The summed E-state index contributed by atoms with van der Waals surface area (Å²) >= 11 is 11.3. The average molecular weight is 626 g/mol. The minimum absolute atomic E-state index is 0.100. The molecule has 1 aliphatic heterocycles. The van der Waals surface area contributed by atoms with Gasteiger partial charge < -0.3 is 15.7 Å². The van der Waals surface area contributed by atoms with Crippen molar-refractivity contribution in [2.45, 2.75) is 39.2 Å². The highest BCUT2D eigenvalue weighted by Crippen LogP contribution is 2.38. The highest BCUT2D eigenvalue weighted by molar-refractivity contribution is 6.31. The number of aromatic carboxylic acids is 1. The van der Waals surface area contributed by atoms with Gasteiger partial charge in [-0.25, -0.2) is 22.4 Å². The van der Waals surface area contributed by atoms with E-state index >= 15 is 0 Å². The standard InChI is InChI=1S/C16H20ClFN2.C8H5F2NO3.C6H4ClF/c1-16(2,3)7-14-11(8-19)12(9-20-14)10-5-4-6-13(17)15(10)18;9-5-1-4(11-3-12)2-6(10)7(5)8(13)14;7-5-2-1-3-6(8)4-5/h4-6,11-12,14,20H,7,9H2,1-3H3;1-3H,(H,11,12)(H,13,14);1-4H. The maximum absolute atomic E-state index is 14.2. The maximum atomic E-state index is 14.2. The number of carboxylic acid groups (broad SMARTS) is 1. The van der Waals surface area contributed by atoms with Crippen molar-refractivity contribution in [3.8, 4) is 6.07 Å². The molecule has 3 N–H and O–H groups in total. The van der Waals surface area contributed by atoms with E-state index in [9.17, 15) is 32.4 Å². The summed E-state index contributed by atoms with van der Waals surface area (Å²) in [4.78, 5) is 20.3. The first-order valence-electron chi connectivity index (χ1n) is 12.6. The molecule has 0 aromatic heterocycles. The molecule has 1 saturated heterocycles. The first kappa shape index (κ1) is 34.6. The number of benzene rings is 3. The molecule has 3 atom stereocenters. The van der Waals surface area contributed by atoms with Gasteiger partial charge >= 0.3 is 5.97 Å². The quantitative estimate of drug-likeness (QED) is 0.198. The van der Waals surface area contributed by atoms with Gasteiger partial charge in [-0.3, -0.25) is 4.79 Å². The largest absolute Gasteiger partial charge is 0.477 e. The second kappa shape index (κ2) is 15.5. The Bertz CT molecular complexity index is 1400. The van der Waals surface area contributed by atoms with E-state index < -0.39 is 29.0 Å². The fourth-order valence-corrected chi connectivity index (χ4v) is 4.71. The number of carbonyl (C=O) groups is 2. The molecule has 1 aliphatic rings. The van der Waals surface area contributed by atoms with Crippen molar-refractivity contribution in [2.75, 3.05) is 11.9 Å². The van der Waals surface area contributed by atoms with E-state index in [1.54, 1.807) is 24.3 Å². The van der Waals surface area contributed by atoms with Crippen LogP contribution < -0.4 is 10.6 Å². The van der Waals surface area contributed by atoms with Crippen LogP contribution in [0.3, 0.4) is 0 Å². The third-order valence-corrected chi connectivity index (χ3v) is 6.62. The smallest absolute Gasteiger partial charge is 0.341 e.